The number of rotatable bonds is 6. The third-order valence-electron chi connectivity index (χ3n) is 8.47. The number of hydrogen-bond acceptors (Lipinski definition) is 1. The molecular weight excluding hydrogens is 619 g/mol. The first kappa shape index (κ1) is 31.8. The van der Waals surface area contributed by atoms with Crippen molar-refractivity contribution in [3.05, 3.63) is 91.7 Å². The zero-order valence-corrected chi connectivity index (χ0v) is 29.3. The van der Waals surface area contributed by atoms with Crippen LogP contribution >= 0.6 is 11.3 Å². The fraction of sp³-hybridized carbons (Fsp3) is 0.394. The van der Waals surface area contributed by atoms with E-state index in [9.17, 15) is 0 Å². The minimum atomic E-state index is -0.995. The molecule has 0 saturated carbocycles. The number of allylic oxidation sites excluding steroid dienone is 2. The number of halogens is 2. The van der Waals surface area contributed by atoms with Gasteiger partial charge in [0, 0.05) is 15.3 Å². The van der Waals surface area contributed by atoms with Crippen molar-refractivity contribution in [3.8, 4) is 11.1 Å². The molecule has 2 aromatic carbocycles. The van der Waals surface area contributed by atoms with Gasteiger partial charge in [0.15, 0.2) is 0 Å². The van der Waals surface area contributed by atoms with E-state index in [0.29, 0.717) is 3.63 Å². The Hall–Kier alpha value is -0.700. The molecule has 2 unspecified atom stereocenters. The second-order valence-corrected chi connectivity index (χ2v) is 18.7. The summed E-state index contributed by atoms with van der Waals surface area (Å²) in [6.07, 6.45) is 8.95. The summed E-state index contributed by atoms with van der Waals surface area (Å²) in [7, 11) is -0.995. The smallest absolute Gasteiger partial charge is 1.00 e. The van der Waals surface area contributed by atoms with Gasteiger partial charge in [-0.3, -0.25) is 0 Å². The Morgan fingerprint density at radius 2 is 1.61 bits per heavy atom. The fourth-order valence-corrected chi connectivity index (χ4v) is 13.9. The molecule has 2 aliphatic heterocycles. The molecule has 2 atom stereocenters. The van der Waals surface area contributed by atoms with Gasteiger partial charge < -0.3 is 24.8 Å². The number of aryl methyl sites for hydroxylation is 2. The van der Waals surface area contributed by atoms with E-state index in [1.807, 2.05) is 11.3 Å². The van der Waals surface area contributed by atoms with Gasteiger partial charge in [0.25, 0.3) is 0 Å². The SMILES string of the molecule is CC1=C2c3cc(C)sc3C1[Si]2(C)C.CCCCCCc1ccc(-c2cccc3c2C=C(C)[CH]3[Zr+2])cc1.[Cl-].[Cl-]. The van der Waals surface area contributed by atoms with E-state index in [1.54, 1.807) is 45.9 Å². The van der Waals surface area contributed by atoms with Crippen molar-refractivity contribution in [1.82, 2.24) is 0 Å². The van der Waals surface area contributed by atoms with Gasteiger partial charge in [-0.15, -0.1) is 11.3 Å². The molecule has 199 valence electrons. The molecule has 5 heteroatoms. The molecule has 0 radical (unpaired) electrons. The Balaban J connectivity index is 0.000000227. The summed E-state index contributed by atoms with van der Waals surface area (Å²) in [5.74, 6) is 0. The summed E-state index contributed by atoms with van der Waals surface area (Å²) in [6, 6.07) is 18.5. The van der Waals surface area contributed by atoms with E-state index in [-0.39, 0.29) is 24.8 Å². The number of thiophene rings is 1. The first-order valence-corrected chi connectivity index (χ1v) is 19.0. The molecule has 2 bridgehead atoms. The minimum absolute atomic E-state index is 0. The van der Waals surface area contributed by atoms with Gasteiger partial charge in [0.1, 0.15) is 0 Å². The number of hydrogen-bond donors (Lipinski definition) is 0. The fourth-order valence-electron chi connectivity index (χ4n) is 6.70. The largest absolute Gasteiger partial charge is 1.00 e. The summed E-state index contributed by atoms with van der Waals surface area (Å²) in [5.41, 5.74) is 12.9. The summed E-state index contributed by atoms with van der Waals surface area (Å²) in [4.78, 5) is 3.19. The van der Waals surface area contributed by atoms with Crippen LogP contribution in [-0.4, -0.2) is 8.07 Å². The Morgan fingerprint density at radius 1 is 0.895 bits per heavy atom. The van der Waals surface area contributed by atoms with Gasteiger partial charge in [-0.05, 0) is 25.5 Å². The molecule has 0 saturated heterocycles. The molecule has 0 amide bonds. The average Bonchev–Trinajstić information content (AvgIpc) is 3.50. The van der Waals surface area contributed by atoms with Gasteiger partial charge in [0.05, 0.1) is 8.07 Å². The standard InChI is InChI=1S/C22H25.C11H14SSi.2ClH.Zr/c1-3-4-5-6-8-18-11-13-19(14-12-18)21-10-7-9-20-15-17(2)16-22(20)21;1-6-5-8-9(12-6)11-7(2)10(8)13(11,3)4;;;/h7,9-16H,3-6,8H2,1-2H3;5,11H,1-4H3;2*1H;/q;;;;+2/p-2. The van der Waals surface area contributed by atoms with E-state index in [1.165, 1.54) is 70.4 Å². The van der Waals surface area contributed by atoms with Crippen LogP contribution in [-0.2, 0) is 31.1 Å². The van der Waals surface area contributed by atoms with Crippen LogP contribution in [0.2, 0.25) is 13.1 Å². The Bertz CT molecular complexity index is 1350. The molecule has 0 fully saturated rings. The van der Waals surface area contributed by atoms with Gasteiger partial charge in [0.2, 0.25) is 0 Å². The topological polar surface area (TPSA) is 0 Å². The molecule has 3 heterocycles. The zero-order chi connectivity index (χ0) is 25.6. The van der Waals surface area contributed by atoms with Crippen LogP contribution in [0, 0.1) is 6.92 Å². The van der Waals surface area contributed by atoms with Crippen molar-refractivity contribution in [2.24, 2.45) is 0 Å². The van der Waals surface area contributed by atoms with Crippen LogP contribution in [0.5, 0.6) is 0 Å². The van der Waals surface area contributed by atoms with Crippen molar-refractivity contribution in [1.29, 1.82) is 0 Å². The summed E-state index contributed by atoms with van der Waals surface area (Å²) >= 11 is 3.62. The first-order valence-electron chi connectivity index (χ1n) is 13.7. The minimum Gasteiger partial charge on any atom is -1.00 e. The van der Waals surface area contributed by atoms with Crippen molar-refractivity contribution < 1.29 is 49.5 Å². The van der Waals surface area contributed by atoms with E-state index in [2.05, 4.69) is 95.4 Å². The van der Waals surface area contributed by atoms with Crippen LogP contribution in [0.15, 0.2) is 59.7 Å². The zero-order valence-electron chi connectivity index (χ0n) is 23.6. The maximum atomic E-state index is 2.52. The van der Waals surface area contributed by atoms with Crippen molar-refractivity contribution in [2.45, 2.75) is 82.1 Å². The summed E-state index contributed by atoms with van der Waals surface area (Å²) in [6.45, 7) is 14.1. The summed E-state index contributed by atoms with van der Waals surface area (Å²) < 4.78 is 0.648. The molecule has 0 nitrogen and oxygen atoms in total. The van der Waals surface area contributed by atoms with Crippen molar-refractivity contribution in [3.63, 3.8) is 0 Å². The monoisotopic (exact) mass is 655 g/mol. The van der Waals surface area contributed by atoms with Crippen molar-refractivity contribution >= 4 is 30.7 Å². The quantitative estimate of drug-likeness (QED) is 0.275. The van der Waals surface area contributed by atoms with E-state index < -0.39 is 8.07 Å². The third-order valence-corrected chi connectivity index (χ3v) is 15.8. The molecule has 7 rings (SSSR count). The maximum absolute atomic E-state index is 2.52. The average molecular weight is 658 g/mol. The number of benzene rings is 2. The van der Waals surface area contributed by atoms with Crippen LogP contribution < -0.4 is 24.8 Å². The van der Waals surface area contributed by atoms with E-state index >= 15 is 0 Å². The van der Waals surface area contributed by atoms with Gasteiger partial charge in [-0.1, -0.05) is 37.2 Å². The second kappa shape index (κ2) is 12.9. The summed E-state index contributed by atoms with van der Waals surface area (Å²) in [5, 5.41) is 1.77. The second-order valence-electron chi connectivity index (χ2n) is 11.5. The normalized spacial score (nSPS) is 19.3. The molecule has 0 spiro atoms. The third kappa shape index (κ3) is 5.71. The molecule has 0 N–H and O–H groups in total. The van der Waals surface area contributed by atoms with Crippen molar-refractivity contribution in [2.75, 3.05) is 0 Å². The molecule has 3 aromatic rings. The van der Waals surface area contributed by atoms with Crippen LogP contribution in [0.4, 0.5) is 0 Å². The Labute approximate surface area is 263 Å². The van der Waals surface area contributed by atoms with Crippen LogP contribution in [0.1, 0.15) is 87.6 Å². The number of unbranched alkanes of at least 4 members (excludes halogenated alkanes) is 3. The molecule has 2 aliphatic carbocycles. The predicted molar refractivity (Wildman–Crippen MR) is 158 cm³/mol. The predicted octanol–water partition coefficient (Wildman–Crippen LogP) is 4.22. The molecule has 38 heavy (non-hydrogen) atoms. The molecule has 4 aliphatic rings. The number of fused-ring (bicyclic) bond motifs is 1. The Morgan fingerprint density at radius 3 is 2.24 bits per heavy atom. The molecular formula is C33H39Cl2SSiZr. The van der Waals surface area contributed by atoms with Crippen LogP contribution in [0.3, 0.4) is 0 Å². The Kier molecular flexibility index (Phi) is 10.8. The van der Waals surface area contributed by atoms with E-state index in [4.69, 9.17) is 0 Å². The van der Waals surface area contributed by atoms with E-state index in [0.717, 1.165) is 5.54 Å². The van der Waals surface area contributed by atoms with Gasteiger partial charge in [-0.2, -0.15) is 0 Å². The molecule has 1 aromatic heterocycles. The van der Waals surface area contributed by atoms with Crippen LogP contribution in [0.25, 0.3) is 22.4 Å². The van der Waals surface area contributed by atoms with Gasteiger partial charge in [-0.25, -0.2) is 0 Å². The maximum Gasteiger partial charge on any atom is -1.00 e. The van der Waals surface area contributed by atoms with Gasteiger partial charge >= 0.3 is 143 Å². The first-order chi connectivity index (χ1) is 17.2.